The van der Waals surface area contributed by atoms with E-state index in [1.54, 1.807) is 37.1 Å². The second-order valence-electron chi connectivity index (χ2n) is 7.80. The van der Waals surface area contributed by atoms with Crippen molar-refractivity contribution in [1.29, 1.82) is 0 Å². The van der Waals surface area contributed by atoms with Gasteiger partial charge in [-0.05, 0) is 48.9 Å². The number of rotatable bonds is 6. The molecule has 3 aromatic carbocycles. The fourth-order valence-electron chi connectivity index (χ4n) is 3.74. The van der Waals surface area contributed by atoms with E-state index in [-0.39, 0.29) is 18.4 Å². The molecular weight excluding hydrogens is 430 g/mol. The lowest BCUT2D eigenvalue weighted by Gasteiger charge is -2.17. The van der Waals surface area contributed by atoms with E-state index in [1.165, 1.54) is 6.92 Å². The van der Waals surface area contributed by atoms with Crippen molar-refractivity contribution in [1.82, 2.24) is 0 Å². The number of carbonyl (C=O) groups is 3. The number of nitrogens with zero attached hydrogens (tertiary/aromatic N) is 1. The number of hydrogen-bond acceptors (Lipinski definition) is 5. The highest BCUT2D eigenvalue weighted by molar-refractivity contribution is 6.37. The van der Waals surface area contributed by atoms with E-state index >= 15 is 0 Å². The maximum Gasteiger partial charge on any atom is 0.338 e. The lowest BCUT2D eigenvalue weighted by molar-refractivity contribution is -0.116. The van der Waals surface area contributed by atoms with Crippen LogP contribution in [0.3, 0.4) is 0 Å². The quantitative estimate of drug-likeness (QED) is 0.413. The molecule has 1 heterocycles. The fraction of sp³-hybridized carbons (Fsp3) is 0.148. The van der Waals surface area contributed by atoms with E-state index < -0.39 is 5.97 Å². The van der Waals surface area contributed by atoms with E-state index in [0.717, 1.165) is 16.9 Å². The first kappa shape index (κ1) is 22.8. The molecule has 172 valence electrons. The molecule has 0 radical (unpaired) electrons. The average Bonchev–Trinajstić information content (AvgIpc) is 3.17. The van der Waals surface area contributed by atoms with Crippen LogP contribution in [-0.4, -0.2) is 31.4 Å². The van der Waals surface area contributed by atoms with Crippen molar-refractivity contribution in [2.45, 2.75) is 13.8 Å². The lowest BCUT2D eigenvalue weighted by atomic mass is 9.99. The van der Waals surface area contributed by atoms with Crippen molar-refractivity contribution in [3.63, 3.8) is 0 Å². The Morgan fingerprint density at radius 1 is 0.971 bits per heavy atom. The molecule has 1 aliphatic heterocycles. The lowest BCUT2D eigenvalue weighted by Crippen LogP contribution is -2.22. The zero-order chi connectivity index (χ0) is 24.2. The Morgan fingerprint density at radius 3 is 2.32 bits per heavy atom. The molecular formula is C27H25N3O4. The average molecular weight is 456 g/mol. The van der Waals surface area contributed by atoms with Gasteiger partial charge in [-0.15, -0.1) is 0 Å². The van der Waals surface area contributed by atoms with Crippen molar-refractivity contribution in [2.75, 3.05) is 29.2 Å². The monoisotopic (exact) mass is 455 g/mol. The molecule has 34 heavy (non-hydrogen) atoms. The molecule has 0 aliphatic carbocycles. The highest BCUT2D eigenvalue weighted by atomic mass is 16.5. The zero-order valence-corrected chi connectivity index (χ0v) is 19.2. The van der Waals surface area contributed by atoms with E-state index in [9.17, 15) is 14.4 Å². The van der Waals surface area contributed by atoms with E-state index in [2.05, 4.69) is 10.6 Å². The minimum absolute atomic E-state index is 0.0609. The zero-order valence-electron chi connectivity index (χ0n) is 19.2. The molecule has 2 amide bonds. The van der Waals surface area contributed by atoms with Gasteiger partial charge in [-0.1, -0.05) is 36.4 Å². The third-order valence-electron chi connectivity index (χ3n) is 5.58. The van der Waals surface area contributed by atoms with Crippen LogP contribution >= 0.6 is 0 Å². The Bertz CT molecular complexity index is 1280. The smallest absolute Gasteiger partial charge is 0.338 e. The van der Waals surface area contributed by atoms with Crippen LogP contribution in [0.4, 0.5) is 17.1 Å². The Hall–Kier alpha value is -4.39. The van der Waals surface area contributed by atoms with Crippen molar-refractivity contribution in [2.24, 2.45) is 0 Å². The summed E-state index contributed by atoms with van der Waals surface area (Å²) in [5, 5.41) is 6.25. The van der Waals surface area contributed by atoms with E-state index in [0.29, 0.717) is 28.1 Å². The molecule has 0 fully saturated rings. The van der Waals surface area contributed by atoms with Crippen LogP contribution in [0, 0.1) is 0 Å². The number of benzene rings is 3. The van der Waals surface area contributed by atoms with Gasteiger partial charge in [0.2, 0.25) is 5.91 Å². The van der Waals surface area contributed by atoms with Gasteiger partial charge in [-0.3, -0.25) is 9.59 Å². The Labute approximate surface area is 198 Å². The summed E-state index contributed by atoms with van der Waals surface area (Å²) in [5.74, 6) is -0.765. The van der Waals surface area contributed by atoms with Crippen LogP contribution < -0.4 is 15.5 Å². The van der Waals surface area contributed by atoms with Gasteiger partial charge in [0, 0.05) is 30.9 Å². The third-order valence-corrected chi connectivity index (χ3v) is 5.58. The van der Waals surface area contributed by atoms with Gasteiger partial charge in [0.15, 0.2) is 0 Å². The van der Waals surface area contributed by atoms with E-state index in [1.807, 2.05) is 54.6 Å². The molecule has 0 bridgehead atoms. The molecule has 2 N–H and O–H groups in total. The fourth-order valence-corrected chi connectivity index (χ4v) is 3.74. The van der Waals surface area contributed by atoms with Crippen molar-refractivity contribution >= 4 is 46.1 Å². The summed E-state index contributed by atoms with van der Waals surface area (Å²) in [6.07, 6.45) is 0. The number of nitrogens with one attached hydrogen (secondary N) is 2. The maximum absolute atomic E-state index is 13.1. The van der Waals surface area contributed by atoms with Gasteiger partial charge in [0.05, 0.1) is 29.1 Å². The number of hydrogen-bond donors (Lipinski definition) is 2. The molecule has 0 saturated carbocycles. The van der Waals surface area contributed by atoms with Gasteiger partial charge in [-0.2, -0.15) is 0 Å². The third kappa shape index (κ3) is 4.54. The second kappa shape index (κ2) is 9.62. The molecule has 0 aromatic heterocycles. The summed E-state index contributed by atoms with van der Waals surface area (Å²) < 4.78 is 5.08. The second-order valence-corrected chi connectivity index (χ2v) is 7.80. The van der Waals surface area contributed by atoms with Crippen LogP contribution in [0.1, 0.15) is 35.3 Å². The van der Waals surface area contributed by atoms with Crippen molar-refractivity contribution in [3.05, 3.63) is 89.5 Å². The first-order chi connectivity index (χ1) is 16.4. The van der Waals surface area contributed by atoms with E-state index in [4.69, 9.17) is 4.74 Å². The standard InChI is InChI=1S/C27H25N3O4/c1-4-34-27(33)19-10-15-22-23(16-19)29-26(32)24(22)25(18-8-6-5-7-9-18)28-20-11-13-21(14-12-20)30(3)17(2)31/h5-16,28H,4H2,1-3H3,(H,29,32). The molecule has 0 spiro atoms. The Balaban J connectivity index is 1.77. The number of fused-ring (bicyclic) bond motifs is 1. The Morgan fingerprint density at radius 2 is 1.68 bits per heavy atom. The number of esters is 1. The molecule has 1 aliphatic rings. The number of anilines is 3. The largest absolute Gasteiger partial charge is 0.462 e. The number of ether oxygens (including phenoxy) is 1. The summed E-state index contributed by atoms with van der Waals surface area (Å²) in [7, 11) is 1.71. The van der Waals surface area contributed by atoms with Crippen LogP contribution in [0.5, 0.6) is 0 Å². The van der Waals surface area contributed by atoms with Gasteiger partial charge >= 0.3 is 5.97 Å². The molecule has 3 aromatic rings. The summed E-state index contributed by atoms with van der Waals surface area (Å²) >= 11 is 0. The molecule has 0 unspecified atom stereocenters. The number of carbonyl (C=O) groups excluding carboxylic acids is 3. The molecule has 7 heteroatoms. The predicted molar refractivity (Wildman–Crippen MR) is 133 cm³/mol. The first-order valence-corrected chi connectivity index (χ1v) is 10.9. The van der Waals surface area contributed by atoms with Gasteiger partial charge in [-0.25, -0.2) is 4.79 Å². The van der Waals surface area contributed by atoms with Gasteiger partial charge in [0.1, 0.15) is 0 Å². The summed E-state index contributed by atoms with van der Waals surface area (Å²) in [5.41, 5.74) is 5.09. The topological polar surface area (TPSA) is 87.7 Å². The molecule has 0 saturated heterocycles. The van der Waals surface area contributed by atoms with Crippen LogP contribution in [0.2, 0.25) is 0 Å². The summed E-state index contributed by atoms with van der Waals surface area (Å²) in [6.45, 7) is 3.53. The maximum atomic E-state index is 13.1. The normalized spacial score (nSPS) is 13.6. The number of amides is 2. The predicted octanol–water partition coefficient (Wildman–Crippen LogP) is 4.78. The van der Waals surface area contributed by atoms with Crippen LogP contribution in [-0.2, 0) is 14.3 Å². The minimum Gasteiger partial charge on any atom is -0.462 e. The minimum atomic E-state index is -0.436. The van der Waals surface area contributed by atoms with Crippen molar-refractivity contribution in [3.8, 4) is 0 Å². The van der Waals surface area contributed by atoms with Crippen LogP contribution in [0.25, 0.3) is 11.3 Å². The Kier molecular flexibility index (Phi) is 6.45. The first-order valence-electron chi connectivity index (χ1n) is 10.9. The highest BCUT2D eigenvalue weighted by Crippen LogP contribution is 2.38. The highest BCUT2D eigenvalue weighted by Gasteiger charge is 2.29. The van der Waals surface area contributed by atoms with Crippen molar-refractivity contribution < 1.29 is 19.1 Å². The van der Waals surface area contributed by atoms with Gasteiger partial charge < -0.3 is 20.3 Å². The SMILES string of the molecule is CCOC(=O)c1ccc2c(c1)NC(=O)C2=C(Nc1ccc(N(C)C(C)=O)cc1)c1ccccc1. The van der Waals surface area contributed by atoms with Crippen LogP contribution in [0.15, 0.2) is 72.8 Å². The summed E-state index contributed by atoms with van der Waals surface area (Å²) in [4.78, 5) is 38.4. The summed E-state index contributed by atoms with van der Waals surface area (Å²) in [6, 6.07) is 22.0. The molecule has 4 rings (SSSR count). The van der Waals surface area contributed by atoms with Gasteiger partial charge in [0.25, 0.3) is 5.91 Å². The molecule has 0 atom stereocenters. The molecule has 7 nitrogen and oxygen atoms in total.